The lowest BCUT2D eigenvalue weighted by Gasteiger charge is -2.35. The van der Waals surface area contributed by atoms with Gasteiger partial charge < -0.3 is 10.2 Å². The molecule has 9 heteroatoms. The second kappa shape index (κ2) is 12.7. The quantitative estimate of drug-likeness (QED) is 0.346. The van der Waals surface area contributed by atoms with Crippen LogP contribution in [0, 0.1) is 6.92 Å². The zero-order chi connectivity index (χ0) is 28.8. The second-order valence-corrected chi connectivity index (χ2v) is 12.7. The summed E-state index contributed by atoms with van der Waals surface area (Å²) in [5.74, 6) is -0.827. The van der Waals surface area contributed by atoms with E-state index in [9.17, 15) is 18.0 Å². The molecule has 0 fully saturated rings. The Morgan fingerprint density at radius 2 is 1.51 bits per heavy atom. The second-order valence-electron chi connectivity index (χ2n) is 10.4. The maximum Gasteiger partial charge on any atom is 0.264 e. The minimum absolute atomic E-state index is 0.0281. The van der Waals surface area contributed by atoms with E-state index in [4.69, 9.17) is 11.6 Å². The standard InChI is InChI=1S/C30H36ClN3O4S/c1-6-26(29(36)32-30(3,4)5)33(20-23-18-16-22(2)17-19-23)28(35)21-34(27-15-11-10-14-25(27)31)39(37,38)24-12-8-7-9-13-24/h7-19,26H,6,20-21H2,1-5H3,(H,32,36). The monoisotopic (exact) mass is 569 g/mol. The van der Waals surface area contributed by atoms with E-state index in [1.54, 1.807) is 42.5 Å². The van der Waals surface area contributed by atoms with Gasteiger partial charge in [0.15, 0.2) is 0 Å². The molecule has 39 heavy (non-hydrogen) atoms. The minimum Gasteiger partial charge on any atom is -0.350 e. The van der Waals surface area contributed by atoms with Crippen molar-refractivity contribution in [3.05, 3.63) is 95.0 Å². The molecule has 0 radical (unpaired) electrons. The fourth-order valence-electron chi connectivity index (χ4n) is 4.15. The maximum atomic E-state index is 14.1. The molecule has 1 atom stereocenters. The van der Waals surface area contributed by atoms with Crippen LogP contribution in [0.4, 0.5) is 5.69 Å². The van der Waals surface area contributed by atoms with Crippen LogP contribution in [0.3, 0.4) is 0 Å². The van der Waals surface area contributed by atoms with E-state index in [0.717, 1.165) is 15.4 Å². The molecule has 0 spiro atoms. The topological polar surface area (TPSA) is 86.8 Å². The lowest BCUT2D eigenvalue weighted by atomic mass is 10.1. The summed E-state index contributed by atoms with van der Waals surface area (Å²) in [6.45, 7) is 9.01. The van der Waals surface area contributed by atoms with Gasteiger partial charge in [0, 0.05) is 12.1 Å². The molecule has 0 aromatic heterocycles. The van der Waals surface area contributed by atoms with Crippen molar-refractivity contribution in [1.29, 1.82) is 0 Å². The van der Waals surface area contributed by atoms with Gasteiger partial charge in [0.1, 0.15) is 12.6 Å². The van der Waals surface area contributed by atoms with Gasteiger partial charge in [-0.25, -0.2) is 8.42 Å². The number of halogens is 1. The molecule has 1 unspecified atom stereocenters. The van der Waals surface area contributed by atoms with Crippen molar-refractivity contribution in [2.75, 3.05) is 10.8 Å². The Labute approximate surface area is 236 Å². The van der Waals surface area contributed by atoms with Gasteiger partial charge >= 0.3 is 0 Å². The Kier molecular flexibility index (Phi) is 9.80. The fourth-order valence-corrected chi connectivity index (χ4v) is 5.89. The summed E-state index contributed by atoms with van der Waals surface area (Å²) in [5, 5.41) is 3.15. The molecule has 7 nitrogen and oxygen atoms in total. The molecule has 3 aromatic rings. The Morgan fingerprint density at radius 3 is 2.08 bits per heavy atom. The number of rotatable bonds is 10. The number of benzene rings is 3. The first-order valence-corrected chi connectivity index (χ1v) is 14.6. The van der Waals surface area contributed by atoms with Crippen LogP contribution in [0.1, 0.15) is 45.2 Å². The number of hydrogen-bond acceptors (Lipinski definition) is 4. The number of hydrogen-bond donors (Lipinski definition) is 1. The van der Waals surface area contributed by atoms with Gasteiger partial charge in [0.25, 0.3) is 10.0 Å². The number of amides is 2. The van der Waals surface area contributed by atoms with Crippen molar-refractivity contribution in [2.45, 2.75) is 64.1 Å². The normalized spacial score (nSPS) is 12.5. The fraction of sp³-hybridized carbons (Fsp3) is 0.333. The van der Waals surface area contributed by atoms with E-state index in [2.05, 4.69) is 5.32 Å². The first-order valence-electron chi connectivity index (χ1n) is 12.8. The third-order valence-electron chi connectivity index (χ3n) is 6.09. The Hall–Kier alpha value is -3.36. The molecule has 3 rings (SSSR count). The summed E-state index contributed by atoms with van der Waals surface area (Å²) < 4.78 is 28.7. The van der Waals surface area contributed by atoms with Crippen LogP contribution in [0.5, 0.6) is 0 Å². The van der Waals surface area contributed by atoms with Crippen molar-refractivity contribution in [3.63, 3.8) is 0 Å². The highest BCUT2D eigenvalue weighted by molar-refractivity contribution is 7.92. The average molecular weight is 570 g/mol. The number of para-hydroxylation sites is 1. The first-order chi connectivity index (χ1) is 18.3. The summed E-state index contributed by atoms with van der Waals surface area (Å²) in [5.41, 5.74) is 1.56. The molecule has 0 saturated heterocycles. The predicted octanol–water partition coefficient (Wildman–Crippen LogP) is 5.57. The minimum atomic E-state index is -4.16. The number of carbonyl (C=O) groups is 2. The van der Waals surface area contributed by atoms with Crippen molar-refractivity contribution >= 4 is 39.1 Å². The number of sulfonamides is 1. The van der Waals surface area contributed by atoms with E-state index >= 15 is 0 Å². The largest absolute Gasteiger partial charge is 0.350 e. The highest BCUT2D eigenvalue weighted by Gasteiger charge is 2.35. The number of nitrogens with zero attached hydrogens (tertiary/aromatic N) is 2. The van der Waals surface area contributed by atoms with Gasteiger partial charge in [-0.1, -0.05) is 78.7 Å². The van der Waals surface area contributed by atoms with Crippen molar-refractivity contribution in [3.8, 4) is 0 Å². The molecule has 0 saturated carbocycles. The lowest BCUT2D eigenvalue weighted by Crippen LogP contribution is -2.55. The van der Waals surface area contributed by atoms with Crippen LogP contribution < -0.4 is 9.62 Å². The van der Waals surface area contributed by atoms with E-state index in [0.29, 0.717) is 6.42 Å². The zero-order valence-corrected chi connectivity index (χ0v) is 24.6. The van der Waals surface area contributed by atoms with Crippen LogP contribution in [0.2, 0.25) is 5.02 Å². The summed E-state index contributed by atoms with van der Waals surface area (Å²) >= 11 is 6.44. The van der Waals surface area contributed by atoms with E-state index < -0.39 is 34.1 Å². The molecular weight excluding hydrogens is 534 g/mol. The average Bonchev–Trinajstić information content (AvgIpc) is 2.88. The van der Waals surface area contributed by atoms with Gasteiger partial charge in [-0.15, -0.1) is 0 Å². The maximum absolute atomic E-state index is 14.1. The Bertz CT molecular complexity index is 1390. The Morgan fingerprint density at radius 1 is 0.923 bits per heavy atom. The zero-order valence-electron chi connectivity index (χ0n) is 23.0. The summed E-state index contributed by atoms with van der Waals surface area (Å²) in [7, 11) is -4.16. The van der Waals surface area contributed by atoms with Gasteiger partial charge in [-0.3, -0.25) is 13.9 Å². The molecule has 0 aliphatic carbocycles. The molecule has 0 bridgehead atoms. The highest BCUT2D eigenvalue weighted by Crippen LogP contribution is 2.30. The van der Waals surface area contributed by atoms with E-state index in [-0.39, 0.29) is 28.1 Å². The van der Waals surface area contributed by atoms with Gasteiger partial charge in [-0.05, 0) is 63.9 Å². The number of anilines is 1. The first kappa shape index (κ1) is 30.2. The number of nitrogens with one attached hydrogen (secondary N) is 1. The van der Waals surface area contributed by atoms with Crippen molar-refractivity contribution in [1.82, 2.24) is 10.2 Å². The SMILES string of the molecule is CCC(C(=O)NC(C)(C)C)N(Cc1ccc(C)cc1)C(=O)CN(c1ccccc1Cl)S(=O)(=O)c1ccccc1. The predicted molar refractivity (Wildman–Crippen MR) is 156 cm³/mol. The Balaban J connectivity index is 2.07. The van der Waals surface area contributed by atoms with Crippen LogP contribution in [-0.2, 0) is 26.2 Å². The van der Waals surface area contributed by atoms with Crippen LogP contribution in [-0.4, -0.2) is 43.3 Å². The van der Waals surface area contributed by atoms with E-state index in [1.807, 2.05) is 58.9 Å². The summed E-state index contributed by atoms with van der Waals surface area (Å²) in [4.78, 5) is 28.9. The third kappa shape index (κ3) is 7.83. The van der Waals surface area contributed by atoms with Gasteiger partial charge in [-0.2, -0.15) is 0 Å². The molecule has 3 aromatic carbocycles. The number of carbonyl (C=O) groups excluding carboxylic acids is 2. The summed E-state index contributed by atoms with van der Waals surface area (Å²) in [6, 6.07) is 21.2. The lowest BCUT2D eigenvalue weighted by molar-refractivity contribution is -0.141. The van der Waals surface area contributed by atoms with Gasteiger partial charge in [0.05, 0.1) is 15.6 Å². The molecular formula is C30H36ClN3O4S. The van der Waals surface area contributed by atoms with E-state index in [1.165, 1.54) is 17.0 Å². The molecule has 0 heterocycles. The van der Waals surface area contributed by atoms with Crippen LogP contribution >= 0.6 is 11.6 Å². The molecule has 2 amide bonds. The highest BCUT2D eigenvalue weighted by atomic mass is 35.5. The smallest absolute Gasteiger partial charge is 0.264 e. The third-order valence-corrected chi connectivity index (χ3v) is 8.18. The van der Waals surface area contributed by atoms with Crippen molar-refractivity contribution in [2.24, 2.45) is 0 Å². The number of aryl methyl sites for hydroxylation is 1. The van der Waals surface area contributed by atoms with Crippen molar-refractivity contribution < 1.29 is 18.0 Å². The van der Waals surface area contributed by atoms with Gasteiger partial charge in [0.2, 0.25) is 11.8 Å². The van der Waals surface area contributed by atoms with Crippen LogP contribution in [0.25, 0.3) is 0 Å². The molecule has 0 aliphatic rings. The molecule has 208 valence electrons. The molecule has 0 aliphatic heterocycles. The van der Waals surface area contributed by atoms with Crippen LogP contribution in [0.15, 0.2) is 83.8 Å². The molecule has 1 N–H and O–H groups in total. The summed E-state index contributed by atoms with van der Waals surface area (Å²) in [6.07, 6.45) is 0.344.